The lowest BCUT2D eigenvalue weighted by Gasteiger charge is -2.12. The molecule has 0 radical (unpaired) electrons. The Balaban J connectivity index is 2.06. The third kappa shape index (κ3) is 3.39. The highest BCUT2D eigenvalue weighted by molar-refractivity contribution is 14.1. The summed E-state index contributed by atoms with van der Waals surface area (Å²) in [5.41, 5.74) is 1.02. The van der Waals surface area contributed by atoms with E-state index >= 15 is 0 Å². The van der Waals surface area contributed by atoms with Crippen LogP contribution in [0.1, 0.15) is 23.0 Å². The minimum absolute atomic E-state index is 0.0932. The lowest BCUT2D eigenvalue weighted by atomic mass is 10.1. The van der Waals surface area contributed by atoms with Gasteiger partial charge < -0.3 is 14.6 Å². The van der Waals surface area contributed by atoms with Crippen molar-refractivity contribution in [1.29, 1.82) is 0 Å². The van der Waals surface area contributed by atoms with Crippen molar-refractivity contribution in [3.63, 3.8) is 0 Å². The van der Waals surface area contributed by atoms with Crippen molar-refractivity contribution in [2.24, 2.45) is 0 Å². The number of nitrogens with zero attached hydrogens (tertiary/aromatic N) is 1. The molecular formula is C19H16INO4. The number of benzene rings is 2. The van der Waals surface area contributed by atoms with Crippen LogP contribution >= 0.6 is 22.6 Å². The fourth-order valence-electron chi connectivity index (χ4n) is 2.56. The van der Waals surface area contributed by atoms with Crippen LogP contribution in [0, 0.1) is 3.70 Å². The molecule has 0 amide bonds. The highest BCUT2D eigenvalue weighted by Crippen LogP contribution is 2.35. The zero-order valence-corrected chi connectivity index (χ0v) is 15.9. The molecule has 1 N–H and O–H groups in total. The summed E-state index contributed by atoms with van der Waals surface area (Å²) in [4.78, 5) is 15.9. The third-order valence-electron chi connectivity index (χ3n) is 3.86. The molecule has 0 fully saturated rings. The predicted octanol–water partition coefficient (Wildman–Crippen LogP) is 4.69. The van der Waals surface area contributed by atoms with Crippen LogP contribution in [0.3, 0.4) is 0 Å². The van der Waals surface area contributed by atoms with Gasteiger partial charge in [0.25, 0.3) is 0 Å². The average molecular weight is 449 g/mol. The molecule has 1 heterocycles. The number of esters is 1. The number of carbonyl (C=O) groups is 1. The number of carbonyl (C=O) groups excluding carboxylic acids is 1. The Morgan fingerprint density at radius 3 is 2.68 bits per heavy atom. The van der Waals surface area contributed by atoms with Crippen molar-refractivity contribution in [1.82, 2.24) is 4.98 Å². The van der Waals surface area contributed by atoms with E-state index < -0.39 is 5.97 Å². The molecule has 0 saturated carbocycles. The number of ether oxygens (including phenoxy) is 2. The first kappa shape index (κ1) is 17.5. The van der Waals surface area contributed by atoms with Gasteiger partial charge in [0.15, 0.2) is 11.4 Å². The van der Waals surface area contributed by atoms with Gasteiger partial charge in [-0.15, -0.1) is 0 Å². The third-order valence-corrected chi connectivity index (χ3v) is 4.69. The van der Waals surface area contributed by atoms with E-state index in [1.54, 1.807) is 18.2 Å². The second-order valence-electron chi connectivity index (χ2n) is 5.36. The number of pyridine rings is 1. The van der Waals surface area contributed by atoms with E-state index in [1.165, 1.54) is 7.11 Å². The maximum absolute atomic E-state index is 11.7. The maximum Gasteiger partial charge on any atom is 0.360 e. The van der Waals surface area contributed by atoms with Gasteiger partial charge in [0.05, 0.1) is 7.11 Å². The minimum Gasteiger partial charge on any atom is -0.505 e. The summed E-state index contributed by atoms with van der Waals surface area (Å²) in [6.07, 6.45) is 0.867. The van der Waals surface area contributed by atoms with Crippen LogP contribution in [-0.4, -0.2) is 23.2 Å². The minimum atomic E-state index is -0.672. The lowest BCUT2D eigenvalue weighted by Crippen LogP contribution is -2.06. The van der Waals surface area contributed by atoms with Gasteiger partial charge in [-0.25, -0.2) is 9.78 Å². The Morgan fingerprint density at radius 1 is 1.20 bits per heavy atom. The molecule has 3 aromatic rings. The molecule has 0 aliphatic rings. The van der Waals surface area contributed by atoms with Crippen LogP contribution in [0.25, 0.3) is 10.8 Å². The molecule has 0 spiro atoms. The normalized spacial score (nSPS) is 10.7. The van der Waals surface area contributed by atoms with Gasteiger partial charge in [-0.3, -0.25) is 0 Å². The maximum atomic E-state index is 11.7. The zero-order chi connectivity index (χ0) is 18.0. The quantitative estimate of drug-likeness (QED) is 0.356. The van der Waals surface area contributed by atoms with Crippen LogP contribution in [0.15, 0.2) is 42.5 Å². The van der Waals surface area contributed by atoms with Crippen LogP contribution in [0.2, 0.25) is 0 Å². The second-order valence-corrected chi connectivity index (χ2v) is 6.38. The van der Waals surface area contributed by atoms with Crippen LogP contribution in [0.5, 0.6) is 17.2 Å². The number of halogens is 1. The van der Waals surface area contributed by atoms with Gasteiger partial charge in [-0.05, 0) is 58.8 Å². The Labute approximate surface area is 158 Å². The number of hydrogen-bond acceptors (Lipinski definition) is 5. The number of fused-ring (bicyclic) bond motifs is 1. The molecule has 0 bridgehead atoms. The number of rotatable bonds is 4. The summed E-state index contributed by atoms with van der Waals surface area (Å²) in [5.74, 6) is 0.568. The SMILES string of the molecule is CCc1ccccc1Oc1ccc2c(O)c(C(=O)OC)nc(I)c2c1. The van der Waals surface area contributed by atoms with Crippen molar-refractivity contribution in [2.45, 2.75) is 13.3 Å². The van der Waals surface area contributed by atoms with E-state index in [0.717, 1.165) is 17.7 Å². The molecule has 1 aromatic heterocycles. The Morgan fingerprint density at radius 2 is 1.96 bits per heavy atom. The van der Waals surface area contributed by atoms with Gasteiger partial charge in [0.1, 0.15) is 15.2 Å². The number of hydrogen-bond donors (Lipinski definition) is 1. The molecular weight excluding hydrogens is 433 g/mol. The molecule has 0 aliphatic carbocycles. The topological polar surface area (TPSA) is 68.7 Å². The number of para-hydroxylation sites is 1. The summed E-state index contributed by atoms with van der Waals surface area (Å²) < 4.78 is 11.2. The van der Waals surface area contributed by atoms with Crippen molar-refractivity contribution in [3.8, 4) is 17.2 Å². The second kappa shape index (κ2) is 7.26. The highest BCUT2D eigenvalue weighted by Gasteiger charge is 2.19. The van der Waals surface area contributed by atoms with E-state index in [2.05, 4.69) is 16.6 Å². The molecule has 6 heteroatoms. The van der Waals surface area contributed by atoms with E-state index in [-0.39, 0.29) is 11.4 Å². The summed E-state index contributed by atoms with van der Waals surface area (Å²) in [5, 5.41) is 11.6. The first-order valence-corrected chi connectivity index (χ1v) is 8.79. The molecule has 0 saturated heterocycles. The fraction of sp³-hybridized carbons (Fsp3) is 0.158. The standard InChI is InChI=1S/C19H16INO4/c1-3-11-6-4-5-7-15(11)25-12-8-9-13-14(10-12)18(20)21-16(17(13)22)19(23)24-2/h4-10,22H,3H2,1-2H3. The van der Waals surface area contributed by atoms with Gasteiger partial charge in [-0.1, -0.05) is 25.1 Å². The van der Waals surface area contributed by atoms with E-state index in [0.29, 0.717) is 20.2 Å². The molecule has 5 nitrogen and oxygen atoms in total. The van der Waals surface area contributed by atoms with Gasteiger partial charge in [0, 0.05) is 10.8 Å². The molecule has 3 rings (SSSR count). The van der Waals surface area contributed by atoms with E-state index in [4.69, 9.17) is 4.74 Å². The first-order chi connectivity index (χ1) is 12.0. The molecule has 0 unspecified atom stereocenters. The van der Waals surface area contributed by atoms with Crippen LogP contribution in [0.4, 0.5) is 0 Å². The predicted molar refractivity (Wildman–Crippen MR) is 103 cm³/mol. The number of aromatic nitrogens is 1. The van der Waals surface area contributed by atoms with Gasteiger partial charge >= 0.3 is 5.97 Å². The lowest BCUT2D eigenvalue weighted by molar-refractivity contribution is 0.0590. The molecule has 0 aliphatic heterocycles. The largest absolute Gasteiger partial charge is 0.505 e. The monoisotopic (exact) mass is 449 g/mol. The zero-order valence-electron chi connectivity index (χ0n) is 13.7. The van der Waals surface area contributed by atoms with Crippen molar-refractivity contribution < 1.29 is 19.4 Å². The highest BCUT2D eigenvalue weighted by atomic mass is 127. The van der Waals surface area contributed by atoms with Gasteiger partial charge in [-0.2, -0.15) is 0 Å². The summed E-state index contributed by atoms with van der Waals surface area (Å²) >= 11 is 2.03. The summed E-state index contributed by atoms with van der Waals surface area (Å²) in [6, 6.07) is 13.1. The Kier molecular flexibility index (Phi) is 5.08. The van der Waals surface area contributed by atoms with Crippen molar-refractivity contribution >= 4 is 39.3 Å². The smallest absolute Gasteiger partial charge is 0.360 e. The fourth-order valence-corrected chi connectivity index (χ4v) is 3.25. The first-order valence-electron chi connectivity index (χ1n) is 7.71. The van der Waals surface area contributed by atoms with Gasteiger partial charge in [0.2, 0.25) is 0 Å². The molecule has 128 valence electrons. The molecule has 2 aromatic carbocycles. The number of aryl methyl sites for hydroxylation is 1. The Bertz CT molecular complexity index is 956. The van der Waals surface area contributed by atoms with Crippen LogP contribution < -0.4 is 4.74 Å². The van der Waals surface area contributed by atoms with E-state index in [1.807, 2.05) is 46.9 Å². The number of aromatic hydroxyl groups is 1. The number of methoxy groups -OCH3 is 1. The summed E-state index contributed by atoms with van der Waals surface area (Å²) in [7, 11) is 1.25. The molecule has 0 atom stereocenters. The van der Waals surface area contributed by atoms with Crippen LogP contribution in [-0.2, 0) is 11.2 Å². The van der Waals surface area contributed by atoms with Crippen molar-refractivity contribution in [3.05, 3.63) is 57.4 Å². The Hall–Kier alpha value is -2.35. The van der Waals surface area contributed by atoms with Crippen molar-refractivity contribution in [2.75, 3.05) is 7.11 Å². The average Bonchev–Trinajstić information content (AvgIpc) is 2.64. The molecule has 25 heavy (non-hydrogen) atoms. The summed E-state index contributed by atoms with van der Waals surface area (Å²) in [6.45, 7) is 2.07. The van der Waals surface area contributed by atoms with E-state index in [9.17, 15) is 9.90 Å².